The number of hydrogen-bond acceptors (Lipinski definition) is 5. The number of imidazole rings is 1. The van der Waals surface area contributed by atoms with Gasteiger partial charge in [0.15, 0.2) is 5.16 Å². The molecule has 0 atom stereocenters. The van der Waals surface area contributed by atoms with Gasteiger partial charge in [-0.05, 0) is 42.6 Å². The summed E-state index contributed by atoms with van der Waals surface area (Å²) in [6, 6.07) is 9.36. The smallest absolute Gasteiger partial charge is 0.187 e. The molecule has 148 valence electrons. The second-order valence-electron chi connectivity index (χ2n) is 7.70. The summed E-state index contributed by atoms with van der Waals surface area (Å²) in [7, 11) is -1.15. The van der Waals surface area contributed by atoms with Gasteiger partial charge in [0.2, 0.25) is 0 Å². The Hall–Kier alpha value is -2.03. The molecule has 0 aliphatic rings. The van der Waals surface area contributed by atoms with E-state index in [1.165, 1.54) is 23.9 Å². The first-order valence-electron chi connectivity index (χ1n) is 9.13. The van der Waals surface area contributed by atoms with Gasteiger partial charge in [-0.1, -0.05) is 31.4 Å². The third-order valence-electron chi connectivity index (χ3n) is 4.24. The highest BCUT2D eigenvalue weighted by atomic mass is 32.2. The van der Waals surface area contributed by atoms with Gasteiger partial charge < -0.3 is 9.30 Å². The molecule has 0 saturated heterocycles. The first-order chi connectivity index (χ1) is 13.4. The third kappa shape index (κ3) is 5.27. The van der Waals surface area contributed by atoms with E-state index in [2.05, 4.69) is 34.6 Å². The lowest BCUT2D eigenvalue weighted by atomic mass is 10.1. The number of benzene rings is 1. The minimum atomic E-state index is -1.15. The van der Waals surface area contributed by atoms with E-state index >= 15 is 0 Å². The minimum Gasteiger partial charge on any atom is -0.361 e. The van der Waals surface area contributed by atoms with Crippen LogP contribution in [0.1, 0.15) is 0 Å². The Morgan fingerprint density at radius 2 is 1.86 bits per heavy atom. The van der Waals surface area contributed by atoms with Gasteiger partial charge in [-0.25, -0.2) is 19.3 Å². The van der Waals surface area contributed by atoms with Crippen LogP contribution in [0.5, 0.6) is 0 Å². The molecule has 0 saturated carbocycles. The largest absolute Gasteiger partial charge is 0.361 e. The van der Waals surface area contributed by atoms with Crippen LogP contribution in [0.3, 0.4) is 0 Å². The first-order valence-corrected chi connectivity index (χ1v) is 14.1. The Bertz CT molecular complexity index is 925. The second-order valence-corrected chi connectivity index (χ2v) is 14.1. The van der Waals surface area contributed by atoms with Crippen LogP contribution >= 0.6 is 11.8 Å². The van der Waals surface area contributed by atoms with E-state index in [1.807, 2.05) is 16.9 Å². The summed E-state index contributed by atoms with van der Waals surface area (Å²) in [6.07, 6.45) is 5.42. The topological polar surface area (TPSA) is 52.8 Å². The van der Waals surface area contributed by atoms with Crippen LogP contribution in [-0.2, 0) is 11.5 Å². The van der Waals surface area contributed by atoms with Crippen LogP contribution in [0.15, 0.2) is 48.0 Å². The Kier molecular flexibility index (Phi) is 6.64. The average Bonchev–Trinajstić information content (AvgIpc) is 3.09. The quantitative estimate of drug-likeness (QED) is 0.219. The molecule has 2 aromatic heterocycles. The molecule has 0 aliphatic carbocycles. The predicted octanol–water partition coefficient (Wildman–Crippen LogP) is 5.18. The van der Waals surface area contributed by atoms with Crippen molar-refractivity contribution in [2.75, 3.05) is 12.9 Å². The molecule has 0 N–H and O–H groups in total. The Balaban J connectivity index is 1.93. The number of hydrogen-bond donors (Lipinski definition) is 0. The maximum atomic E-state index is 13.4. The van der Waals surface area contributed by atoms with Crippen LogP contribution < -0.4 is 0 Å². The highest BCUT2D eigenvalue weighted by Gasteiger charge is 2.18. The fourth-order valence-corrected chi connectivity index (χ4v) is 3.80. The van der Waals surface area contributed by atoms with E-state index in [9.17, 15) is 4.39 Å². The molecule has 0 radical (unpaired) electrons. The lowest BCUT2D eigenvalue weighted by Crippen LogP contribution is -2.22. The maximum absolute atomic E-state index is 13.4. The van der Waals surface area contributed by atoms with E-state index in [-0.39, 0.29) is 5.82 Å². The number of nitrogens with zero attached hydrogens (tertiary/aromatic N) is 4. The third-order valence-corrected chi connectivity index (χ3v) is 6.51. The van der Waals surface area contributed by atoms with Crippen molar-refractivity contribution in [2.24, 2.45) is 0 Å². The first kappa shape index (κ1) is 20.7. The van der Waals surface area contributed by atoms with Gasteiger partial charge in [-0.3, -0.25) is 0 Å². The molecule has 0 aliphatic heterocycles. The number of thioether (sulfide) groups is 1. The van der Waals surface area contributed by atoms with E-state index in [0.29, 0.717) is 11.9 Å². The lowest BCUT2D eigenvalue weighted by molar-refractivity contribution is 0.0882. The van der Waals surface area contributed by atoms with E-state index in [1.54, 1.807) is 24.7 Å². The van der Waals surface area contributed by atoms with Crippen molar-refractivity contribution >= 4 is 19.8 Å². The van der Waals surface area contributed by atoms with Crippen molar-refractivity contribution in [3.8, 4) is 22.6 Å². The standard InChI is InChI=1S/C20H25FN4OSSi/c1-27-20-22-10-9-17(24-20)18-19(15-5-7-16(21)8-6-15)25(13-23-18)14-26-11-12-28(2,3)4/h5-10,13H,11-12,14H2,1-4H3. The summed E-state index contributed by atoms with van der Waals surface area (Å²) in [5.41, 5.74) is 3.20. The summed E-state index contributed by atoms with van der Waals surface area (Å²) in [5.74, 6) is -0.269. The zero-order chi connectivity index (χ0) is 20.1. The van der Waals surface area contributed by atoms with Crippen molar-refractivity contribution in [2.45, 2.75) is 37.6 Å². The predicted molar refractivity (Wildman–Crippen MR) is 115 cm³/mol. The van der Waals surface area contributed by atoms with Gasteiger partial charge in [0.1, 0.15) is 18.2 Å². The van der Waals surface area contributed by atoms with E-state index in [0.717, 1.165) is 35.3 Å². The molecule has 0 amide bonds. The van der Waals surface area contributed by atoms with Crippen LogP contribution in [0.25, 0.3) is 22.6 Å². The normalized spacial score (nSPS) is 11.8. The molecule has 5 nitrogen and oxygen atoms in total. The molecule has 0 fully saturated rings. The molecule has 2 heterocycles. The molecule has 1 aromatic carbocycles. The fourth-order valence-electron chi connectivity index (χ4n) is 2.69. The summed E-state index contributed by atoms with van der Waals surface area (Å²) >= 11 is 1.48. The maximum Gasteiger partial charge on any atom is 0.187 e. The molecular weight excluding hydrogens is 391 g/mol. The molecule has 3 rings (SSSR count). The SMILES string of the molecule is CSc1nccc(-c2ncn(COCC[Si](C)(C)C)c2-c2ccc(F)cc2)n1. The highest BCUT2D eigenvalue weighted by molar-refractivity contribution is 7.98. The Morgan fingerprint density at radius 1 is 1.11 bits per heavy atom. The summed E-state index contributed by atoms with van der Waals surface area (Å²) in [6.45, 7) is 8.09. The van der Waals surface area contributed by atoms with Crippen molar-refractivity contribution in [3.63, 3.8) is 0 Å². The fraction of sp³-hybridized carbons (Fsp3) is 0.350. The number of ether oxygens (including phenoxy) is 1. The average molecular weight is 417 g/mol. The van der Waals surface area contributed by atoms with Crippen molar-refractivity contribution in [1.82, 2.24) is 19.5 Å². The zero-order valence-electron chi connectivity index (χ0n) is 16.6. The molecule has 0 bridgehead atoms. The molecule has 8 heteroatoms. The van der Waals surface area contributed by atoms with Crippen molar-refractivity contribution in [3.05, 3.63) is 48.7 Å². The number of halogens is 1. The second kappa shape index (κ2) is 8.98. The van der Waals surface area contributed by atoms with Crippen molar-refractivity contribution < 1.29 is 9.13 Å². The molecule has 0 unspecified atom stereocenters. The van der Waals surface area contributed by atoms with Gasteiger partial charge in [0, 0.05) is 26.4 Å². The zero-order valence-corrected chi connectivity index (χ0v) is 18.5. The van der Waals surface area contributed by atoms with Gasteiger partial charge in [0.05, 0.1) is 17.7 Å². The van der Waals surface area contributed by atoms with Gasteiger partial charge in [-0.15, -0.1) is 0 Å². The Morgan fingerprint density at radius 3 is 2.54 bits per heavy atom. The summed E-state index contributed by atoms with van der Waals surface area (Å²) in [4.78, 5) is 13.4. The van der Waals surface area contributed by atoms with Gasteiger partial charge in [-0.2, -0.15) is 0 Å². The monoisotopic (exact) mass is 416 g/mol. The summed E-state index contributed by atoms with van der Waals surface area (Å²) in [5, 5.41) is 0.684. The molecule has 0 spiro atoms. The minimum absolute atomic E-state index is 0.269. The van der Waals surface area contributed by atoms with Crippen LogP contribution in [-0.4, -0.2) is 40.5 Å². The van der Waals surface area contributed by atoms with Crippen molar-refractivity contribution in [1.29, 1.82) is 0 Å². The molecule has 28 heavy (non-hydrogen) atoms. The van der Waals surface area contributed by atoms with Crippen LogP contribution in [0.4, 0.5) is 4.39 Å². The van der Waals surface area contributed by atoms with E-state index < -0.39 is 8.07 Å². The number of aromatic nitrogens is 4. The Labute approximate surface area is 170 Å². The van der Waals surface area contributed by atoms with E-state index in [4.69, 9.17) is 4.74 Å². The summed E-state index contributed by atoms with van der Waals surface area (Å²) < 4.78 is 21.3. The molecular formula is C20H25FN4OSSi. The highest BCUT2D eigenvalue weighted by Crippen LogP contribution is 2.31. The van der Waals surface area contributed by atoms with Crippen LogP contribution in [0, 0.1) is 5.82 Å². The van der Waals surface area contributed by atoms with Gasteiger partial charge in [0.25, 0.3) is 0 Å². The number of rotatable bonds is 8. The lowest BCUT2D eigenvalue weighted by Gasteiger charge is -2.16. The molecule has 3 aromatic rings. The van der Waals surface area contributed by atoms with Crippen LogP contribution in [0.2, 0.25) is 25.7 Å². The van der Waals surface area contributed by atoms with Gasteiger partial charge >= 0.3 is 0 Å².